The van der Waals surface area contributed by atoms with Crippen molar-refractivity contribution in [2.45, 2.75) is 38.0 Å². The Balaban J connectivity index is 1.57. The number of urea groups is 1. The fourth-order valence-electron chi connectivity index (χ4n) is 4.71. The van der Waals surface area contributed by atoms with Crippen molar-refractivity contribution in [1.29, 1.82) is 0 Å². The van der Waals surface area contributed by atoms with Crippen LogP contribution in [0, 0.1) is 0 Å². The summed E-state index contributed by atoms with van der Waals surface area (Å²) in [5, 5.41) is 3.27. The Bertz CT molecular complexity index is 1180. The summed E-state index contributed by atoms with van der Waals surface area (Å²) in [5.41, 5.74) is 2.69. The van der Waals surface area contributed by atoms with Crippen LogP contribution in [0.3, 0.4) is 0 Å². The number of carbonyl (C=O) groups excluding carboxylic acids is 2. The van der Waals surface area contributed by atoms with Gasteiger partial charge in [0.25, 0.3) is 0 Å². The first-order chi connectivity index (χ1) is 15.6. The second kappa shape index (κ2) is 9.23. The molecule has 0 saturated carbocycles. The highest BCUT2D eigenvalue weighted by Crippen LogP contribution is 2.47. The predicted molar refractivity (Wildman–Crippen MR) is 131 cm³/mol. The Morgan fingerprint density at radius 2 is 2.06 bits per heavy atom. The summed E-state index contributed by atoms with van der Waals surface area (Å²) >= 11 is 7.14. The lowest BCUT2D eigenvalue weighted by atomic mass is 9.80. The average molecular weight is 511 g/mol. The van der Waals surface area contributed by atoms with E-state index in [0.29, 0.717) is 35.5 Å². The summed E-state index contributed by atoms with van der Waals surface area (Å²) in [6.45, 7) is 3.28. The van der Waals surface area contributed by atoms with Crippen LogP contribution < -0.4 is 10.2 Å². The SMILES string of the molecule is CC(=O)N1CCC2(C1)CN(C(=O)Nc1ncc(Cl)s1)c1ccc(CCCCS(C)(=O)=O)cc12. The smallest absolute Gasteiger partial charge is 0.328 e. The molecule has 2 aromatic rings. The molecule has 1 N–H and O–H groups in total. The topological polar surface area (TPSA) is 99.7 Å². The van der Waals surface area contributed by atoms with Crippen molar-refractivity contribution < 1.29 is 18.0 Å². The van der Waals surface area contributed by atoms with Gasteiger partial charge in [-0.25, -0.2) is 18.2 Å². The average Bonchev–Trinajstić information content (AvgIpc) is 3.43. The number of fused-ring (bicyclic) bond motifs is 2. The number of carbonyl (C=O) groups is 2. The number of aromatic nitrogens is 1. The zero-order valence-electron chi connectivity index (χ0n) is 18.6. The Kier molecular flexibility index (Phi) is 6.70. The fourth-order valence-corrected chi connectivity index (χ4v) is 6.24. The Morgan fingerprint density at radius 1 is 1.27 bits per heavy atom. The van der Waals surface area contributed by atoms with Gasteiger partial charge in [-0.05, 0) is 42.9 Å². The number of hydrogen-bond acceptors (Lipinski definition) is 6. The number of aryl methyl sites for hydroxylation is 1. The molecule has 0 aliphatic carbocycles. The minimum absolute atomic E-state index is 0.0330. The Labute approximate surface area is 202 Å². The Hall–Kier alpha value is -2.17. The standard InChI is InChI=1S/C22H27ClN4O4S2/c1-15(28)26-9-8-22(13-26)14-27(21(29)25-20-24-12-19(23)32-20)18-7-6-16(11-17(18)22)5-3-4-10-33(2,30)31/h6-7,11-12H,3-5,8-10,13-14H2,1-2H3,(H,24,25,29). The summed E-state index contributed by atoms with van der Waals surface area (Å²) in [5.74, 6) is 0.218. The molecule has 0 bridgehead atoms. The van der Waals surface area contributed by atoms with Gasteiger partial charge in [0.05, 0.1) is 6.20 Å². The number of benzene rings is 1. The van der Waals surface area contributed by atoms with Crippen molar-refractivity contribution in [3.05, 3.63) is 39.9 Å². The number of sulfone groups is 1. The van der Waals surface area contributed by atoms with Gasteiger partial charge < -0.3 is 4.90 Å². The minimum Gasteiger partial charge on any atom is -0.342 e. The normalized spacial score (nSPS) is 19.8. The number of unbranched alkanes of at least 4 members (excludes halogenated alkanes) is 1. The molecule has 1 fully saturated rings. The number of rotatable bonds is 6. The van der Waals surface area contributed by atoms with E-state index in [4.69, 9.17) is 11.6 Å². The van der Waals surface area contributed by atoms with Gasteiger partial charge >= 0.3 is 6.03 Å². The molecule has 1 aromatic heterocycles. The Morgan fingerprint density at radius 3 is 2.70 bits per heavy atom. The summed E-state index contributed by atoms with van der Waals surface area (Å²) in [6, 6.07) is 5.81. The van der Waals surface area contributed by atoms with Crippen molar-refractivity contribution in [3.8, 4) is 0 Å². The first-order valence-electron chi connectivity index (χ1n) is 10.8. The number of thiazole rings is 1. The summed E-state index contributed by atoms with van der Waals surface area (Å²) < 4.78 is 23.3. The van der Waals surface area contributed by atoms with E-state index in [0.717, 1.165) is 36.1 Å². The zero-order chi connectivity index (χ0) is 23.8. The summed E-state index contributed by atoms with van der Waals surface area (Å²) in [4.78, 5) is 32.9. The maximum atomic E-state index is 13.1. The number of hydrogen-bond donors (Lipinski definition) is 1. The van der Waals surface area contributed by atoms with E-state index in [1.165, 1.54) is 23.8 Å². The molecule has 33 heavy (non-hydrogen) atoms. The highest BCUT2D eigenvalue weighted by atomic mass is 35.5. The molecule has 2 aliphatic rings. The predicted octanol–water partition coefficient (Wildman–Crippen LogP) is 3.71. The summed E-state index contributed by atoms with van der Waals surface area (Å²) in [7, 11) is -2.96. The number of likely N-dealkylation sites (tertiary alicyclic amines) is 1. The van der Waals surface area contributed by atoms with Gasteiger partial charge in [0.2, 0.25) is 5.91 Å². The molecular formula is C22H27ClN4O4S2. The van der Waals surface area contributed by atoms with Crippen LogP contribution in [-0.4, -0.2) is 61.9 Å². The van der Waals surface area contributed by atoms with Crippen LogP contribution in [0.5, 0.6) is 0 Å². The largest absolute Gasteiger partial charge is 0.342 e. The monoisotopic (exact) mass is 510 g/mol. The lowest BCUT2D eigenvalue weighted by Gasteiger charge is -2.25. The first-order valence-corrected chi connectivity index (χ1v) is 14.1. The molecule has 1 saturated heterocycles. The van der Waals surface area contributed by atoms with Crippen LogP contribution in [0.1, 0.15) is 37.3 Å². The quantitative estimate of drug-likeness (QED) is 0.597. The van der Waals surface area contributed by atoms with Crippen molar-refractivity contribution in [3.63, 3.8) is 0 Å². The third-order valence-corrected chi connectivity index (χ3v) is 8.41. The highest BCUT2D eigenvalue weighted by Gasteiger charge is 2.49. The molecule has 1 spiro atoms. The number of nitrogens with zero attached hydrogens (tertiary/aromatic N) is 3. The number of nitrogens with one attached hydrogen (secondary N) is 1. The highest BCUT2D eigenvalue weighted by molar-refractivity contribution is 7.90. The molecule has 1 aromatic carbocycles. The van der Waals surface area contributed by atoms with Crippen LogP contribution in [0.15, 0.2) is 24.4 Å². The van der Waals surface area contributed by atoms with Crippen LogP contribution >= 0.6 is 22.9 Å². The molecule has 1 unspecified atom stereocenters. The third kappa shape index (κ3) is 5.33. The van der Waals surface area contributed by atoms with E-state index in [2.05, 4.69) is 16.4 Å². The number of anilines is 2. The number of amides is 3. The van der Waals surface area contributed by atoms with Crippen LogP contribution in [0.2, 0.25) is 4.34 Å². The molecule has 8 nitrogen and oxygen atoms in total. The number of halogens is 1. The van der Waals surface area contributed by atoms with Gasteiger partial charge in [-0.3, -0.25) is 15.0 Å². The van der Waals surface area contributed by atoms with E-state index >= 15 is 0 Å². The van der Waals surface area contributed by atoms with E-state index < -0.39 is 9.84 Å². The molecule has 0 radical (unpaired) electrons. The van der Waals surface area contributed by atoms with Crippen molar-refractivity contribution >= 4 is 55.5 Å². The second-order valence-electron chi connectivity index (χ2n) is 8.90. The lowest BCUT2D eigenvalue weighted by molar-refractivity contribution is -0.127. The summed E-state index contributed by atoms with van der Waals surface area (Å²) in [6.07, 6.45) is 5.69. The molecule has 178 valence electrons. The molecule has 3 amide bonds. The van der Waals surface area contributed by atoms with E-state index in [9.17, 15) is 18.0 Å². The fraction of sp³-hybridized carbons (Fsp3) is 0.500. The van der Waals surface area contributed by atoms with Crippen LogP contribution in [-0.2, 0) is 26.5 Å². The molecule has 2 aliphatic heterocycles. The molecule has 3 heterocycles. The maximum Gasteiger partial charge on any atom is 0.328 e. The molecule has 11 heteroatoms. The maximum absolute atomic E-state index is 13.1. The third-order valence-electron chi connectivity index (χ3n) is 6.35. The van der Waals surface area contributed by atoms with E-state index in [1.54, 1.807) is 11.8 Å². The molecular weight excluding hydrogens is 484 g/mol. The van der Waals surface area contributed by atoms with Gasteiger partial charge in [-0.2, -0.15) is 0 Å². The van der Waals surface area contributed by atoms with Crippen molar-refractivity contribution in [1.82, 2.24) is 9.88 Å². The van der Waals surface area contributed by atoms with Crippen molar-refractivity contribution in [2.75, 3.05) is 41.9 Å². The van der Waals surface area contributed by atoms with Gasteiger partial charge in [-0.15, -0.1) is 0 Å². The van der Waals surface area contributed by atoms with Crippen LogP contribution in [0.25, 0.3) is 0 Å². The second-order valence-corrected chi connectivity index (χ2v) is 12.8. The molecule has 1 atom stereocenters. The van der Waals surface area contributed by atoms with Gasteiger partial charge in [0, 0.05) is 49.7 Å². The first kappa shape index (κ1) is 24.0. The van der Waals surface area contributed by atoms with Gasteiger partial charge in [0.15, 0.2) is 5.13 Å². The van der Waals surface area contributed by atoms with Gasteiger partial charge in [-0.1, -0.05) is 35.1 Å². The lowest BCUT2D eigenvalue weighted by Crippen LogP contribution is -2.41. The van der Waals surface area contributed by atoms with Crippen molar-refractivity contribution in [2.24, 2.45) is 0 Å². The van der Waals surface area contributed by atoms with Gasteiger partial charge in [0.1, 0.15) is 14.2 Å². The molecule has 4 rings (SSSR count). The van der Waals surface area contributed by atoms with E-state index in [-0.39, 0.29) is 23.1 Å². The minimum atomic E-state index is -2.96. The van der Waals surface area contributed by atoms with E-state index in [1.807, 2.05) is 17.0 Å². The van der Waals surface area contributed by atoms with Crippen LogP contribution in [0.4, 0.5) is 15.6 Å². The zero-order valence-corrected chi connectivity index (χ0v) is 21.0.